The summed E-state index contributed by atoms with van der Waals surface area (Å²) in [4.78, 5) is 32.7. The highest BCUT2D eigenvalue weighted by molar-refractivity contribution is 6.05. The lowest BCUT2D eigenvalue weighted by Gasteiger charge is -2.24. The fraction of sp³-hybridized carbons (Fsp3) is 0.375. The van der Waals surface area contributed by atoms with E-state index in [1.54, 1.807) is 47.3 Å². The number of hydrogen-bond acceptors (Lipinski definition) is 5. The number of carbonyl (C=O) groups excluding carboxylic acids is 2. The minimum atomic E-state index is -0.518. The van der Waals surface area contributed by atoms with Crippen LogP contribution in [0.25, 0.3) is 5.65 Å². The molecule has 2 aromatic heterocycles. The van der Waals surface area contributed by atoms with E-state index in [2.05, 4.69) is 4.98 Å². The summed E-state index contributed by atoms with van der Waals surface area (Å²) in [6.07, 6.45) is 5.77. The lowest BCUT2D eigenvalue weighted by Crippen LogP contribution is -2.36. The van der Waals surface area contributed by atoms with Crippen LogP contribution < -0.4 is 9.64 Å². The van der Waals surface area contributed by atoms with Gasteiger partial charge in [-0.05, 0) is 51.1 Å². The molecule has 1 aliphatic rings. The SMILES string of the molecule is CN(C(=O)c1ccc(O[C@H]2CCN(C(=O)OC(C)(C)C)C2)cc1)c1ccn2ccnc2c1. The number of anilines is 1. The van der Waals surface area contributed by atoms with Crippen molar-refractivity contribution in [1.29, 1.82) is 0 Å². The van der Waals surface area contributed by atoms with E-state index in [1.807, 2.05) is 49.7 Å². The average Bonchev–Trinajstić information content (AvgIpc) is 3.41. The van der Waals surface area contributed by atoms with E-state index in [0.29, 0.717) is 24.4 Å². The van der Waals surface area contributed by atoms with Crippen molar-refractivity contribution in [2.24, 2.45) is 0 Å². The zero-order valence-corrected chi connectivity index (χ0v) is 18.8. The van der Waals surface area contributed by atoms with E-state index in [1.165, 1.54) is 0 Å². The standard InChI is InChI=1S/C24H28N4O4/c1-24(2,3)32-23(30)28-13-10-20(16-28)31-19-7-5-17(6-8-19)22(29)26(4)18-9-12-27-14-11-25-21(27)15-18/h5-9,11-12,14-15,20H,10,13,16H2,1-4H3/t20-/m0/s1. The smallest absolute Gasteiger partial charge is 0.410 e. The number of aromatic nitrogens is 2. The highest BCUT2D eigenvalue weighted by Crippen LogP contribution is 2.22. The average molecular weight is 437 g/mol. The molecule has 1 saturated heterocycles. The molecule has 0 spiro atoms. The first kappa shape index (κ1) is 21.7. The Balaban J connectivity index is 1.35. The van der Waals surface area contributed by atoms with Crippen LogP contribution in [0.3, 0.4) is 0 Å². The highest BCUT2D eigenvalue weighted by Gasteiger charge is 2.30. The quantitative estimate of drug-likeness (QED) is 0.618. The number of amides is 2. The van der Waals surface area contributed by atoms with Crippen LogP contribution in [-0.2, 0) is 4.74 Å². The molecule has 1 fully saturated rings. The molecule has 32 heavy (non-hydrogen) atoms. The fourth-order valence-electron chi connectivity index (χ4n) is 3.60. The van der Waals surface area contributed by atoms with Crippen LogP contribution in [0, 0.1) is 0 Å². The van der Waals surface area contributed by atoms with Gasteiger partial charge in [0.2, 0.25) is 0 Å². The molecule has 0 unspecified atom stereocenters. The Morgan fingerprint density at radius 1 is 1.12 bits per heavy atom. The van der Waals surface area contributed by atoms with Crippen LogP contribution in [-0.4, -0.2) is 58.1 Å². The summed E-state index contributed by atoms with van der Waals surface area (Å²) in [5, 5.41) is 0. The summed E-state index contributed by atoms with van der Waals surface area (Å²) >= 11 is 0. The lowest BCUT2D eigenvalue weighted by molar-refractivity contribution is 0.0275. The first-order valence-corrected chi connectivity index (χ1v) is 10.6. The third-order valence-electron chi connectivity index (χ3n) is 5.27. The second-order valence-electron chi connectivity index (χ2n) is 8.92. The molecule has 0 N–H and O–H groups in total. The number of imidazole rings is 1. The van der Waals surface area contributed by atoms with E-state index in [4.69, 9.17) is 9.47 Å². The molecule has 8 nitrogen and oxygen atoms in total. The second-order valence-corrected chi connectivity index (χ2v) is 8.92. The molecule has 0 radical (unpaired) electrons. The number of carbonyl (C=O) groups is 2. The Labute approximate surface area is 187 Å². The fourth-order valence-corrected chi connectivity index (χ4v) is 3.60. The van der Waals surface area contributed by atoms with Crippen molar-refractivity contribution >= 4 is 23.3 Å². The van der Waals surface area contributed by atoms with Gasteiger partial charge in [0.25, 0.3) is 5.91 Å². The molecule has 0 saturated carbocycles. The number of pyridine rings is 1. The number of hydrogen-bond donors (Lipinski definition) is 0. The molecule has 3 heterocycles. The number of benzene rings is 1. The minimum absolute atomic E-state index is 0.104. The largest absolute Gasteiger partial charge is 0.489 e. The normalized spacial score (nSPS) is 16.2. The number of likely N-dealkylation sites (tertiary alicyclic amines) is 1. The Morgan fingerprint density at radius 2 is 1.88 bits per heavy atom. The van der Waals surface area contributed by atoms with Gasteiger partial charge in [0.05, 0.1) is 6.54 Å². The Kier molecular flexibility index (Phi) is 5.78. The monoisotopic (exact) mass is 436 g/mol. The van der Waals surface area contributed by atoms with Gasteiger partial charge < -0.3 is 23.7 Å². The summed E-state index contributed by atoms with van der Waals surface area (Å²) in [5.74, 6) is 0.545. The first-order chi connectivity index (χ1) is 15.2. The van der Waals surface area contributed by atoms with Crippen LogP contribution >= 0.6 is 0 Å². The van der Waals surface area contributed by atoms with Crippen molar-refractivity contribution in [2.75, 3.05) is 25.0 Å². The van der Waals surface area contributed by atoms with Crippen LogP contribution in [0.1, 0.15) is 37.6 Å². The van der Waals surface area contributed by atoms with Gasteiger partial charge in [-0.2, -0.15) is 0 Å². The van der Waals surface area contributed by atoms with Crippen LogP contribution in [0.4, 0.5) is 10.5 Å². The summed E-state index contributed by atoms with van der Waals surface area (Å²) in [6.45, 7) is 6.64. The van der Waals surface area contributed by atoms with Gasteiger partial charge >= 0.3 is 6.09 Å². The van der Waals surface area contributed by atoms with E-state index in [0.717, 1.165) is 17.8 Å². The maximum Gasteiger partial charge on any atom is 0.410 e. The molecule has 0 bridgehead atoms. The molecule has 2 amide bonds. The molecule has 3 aromatic rings. The third kappa shape index (κ3) is 4.85. The van der Waals surface area contributed by atoms with E-state index >= 15 is 0 Å². The van der Waals surface area contributed by atoms with Crippen molar-refractivity contribution in [2.45, 2.75) is 38.9 Å². The zero-order valence-electron chi connectivity index (χ0n) is 18.8. The molecule has 8 heteroatoms. The molecule has 1 aliphatic heterocycles. The molecule has 1 atom stereocenters. The lowest BCUT2D eigenvalue weighted by atomic mass is 10.2. The predicted molar refractivity (Wildman–Crippen MR) is 121 cm³/mol. The zero-order chi connectivity index (χ0) is 22.9. The Morgan fingerprint density at radius 3 is 2.59 bits per heavy atom. The maximum atomic E-state index is 12.9. The molecule has 0 aliphatic carbocycles. The predicted octanol–water partition coefficient (Wildman–Crippen LogP) is 4.00. The van der Waals surface area contributed by atoms with Crippen molar-refractivity contribution in [3.63, 3.8) is 0 Å². The molecule has 1 aromatic carbocycles. The van der Waals surface area contributed by atoms with E-state index < -0.39 is 5.60 Å². The highest BCUT2D eigenvalue weighted by atomic mass is 16.6. The van der Waals surface area contributed by atoms with Gasteiger partial charge in [-0.15, -0.1) is 0 Å². The van der Waals surface area contributed by atoms with Gasteiger partial charge in [0.15, 0.2) is 0 Å². The topological polar surface area (TPSA) is 76.4 Å². The van der Waals surface area contributed by atoms with Crippen LogP contribution in [0.5, 0.6) is 5.75 Å². The van der Waals surface area contributed by atoms with Gasteiger partial charge in [0, 0.05) is 55.9 Å². The number of nitrogens with zero attached hydrogens (tertiary/aromatic N) is 4. The minimum Gasteiger partial charge on any atom is -0.489 e. The van der Waals surface area contributed by atoms with Gasteiger partial charge in [0.1, 0.15) is 23.1 Å². The molecular weight excluding hydrogens is 408 g/mol. The Hall–Kier alpha value is -3.55. The molecular formula is C24H28N4O4. The summed E-state index contributed by atoms with van der Waals surface area (Å²) in [6, 6.07) is 10.8. The molecule has 4 rings (SSSR count). The molecule has 168 valence electrons. The third-order valence-corrected chi connectivity index (χ3v) is 5.27. The van der Waals surface area contributed by atoms with Gasteiger partial charge in [-0.25, -0.2) is 9.78 Å². The van der Waals surface area contributed by atoms with Crippen molar-refractivity contribution in [3.05, 3.63) is 60.6 Å². The van der Waals surface area contributed by atoms with Crippen molar-refractivity contribution in [3.8, 4) is 5.75 Å². The number of fused-ring (bicyclic) bond motifs is 1. The van der Waals surface area contributed by atoms with Crippen LogP contribution in [0.15, 0.2) is 55.0 Å². The van der Waals surface area contributed by atoms with Gasteiger partial charge in [-0.3, -0.25) is 4.79 Å². The maximum absolute atomic E-state index is 12.9. The van der Waals surface area contributed by atoms with Crippen molar-refractivity contribution < 1.29 is 19.1 Å². The van der Waals surface area contributed by atoms with E-state index in [9.17, 15) is 9.59 Å². The van der Waals surface area contributed by atoms with E-state index in [-0.39, 0.29) is 18.1 Å². The van der Waals surface area contributed by atoms with Crippen molar-refractivity contribution in [1.82, 2.24) is 14.3 Å². The second kappa shape index (κ2) is 8.53. The van der Waals surface area contributed by atoms with Gasteiger partial charge in [-0.1, -0.05) is 0 Å². The Bertz CT molecular complexity index is 1120. The summed E-state index contributed by atoms with van der Waals surface area (Å²) < 4.78 is 13.3. The number of rotatable bonds is 4. The number of ether oxygens (including phenoxy) is 2. The van der Waals surface area contributed by atoms with Crippen LogP contribution in [0.2, 0.25) is 0 Å². The first-order valence-electron chi connectivity index (χ1n) is 10.6. The summed E-state index contributed by atoms with van der Waals surface area (Å²) in [5.41, 5.74) is 1.59. The summed E-state index contributed by atoms with van der Waals surface area (Å²) in [7, 11) is 1.74.